The molecular formula is C14H21N3O3. The van der Waals surface area contributed by atoms with Crippen molar-refractivity contribution >= 4 is 17.5 Å². The minimum absolute atomic E-state index is 0.138. The highest BCUT2D eigenvalue weighted by Crippen LogP contribution is 2.20. The Labute approximate surface area is 118 Å². The highest BCUT2D eigenvalue weighted by molar-refractivity contribution is 5.99. The van der Waals surface area contributed by atoms with E-state index in [1.165, 1.54) is 7.11 Å². The fraction of sp³-hybridized carbons (Fsp3) is 0.429. The molecule has 2 amide bonds. The number of rotatable bonds is 5. The first kappa shape index (κ1) is 15.8. The molecule has 0 aliphatic rings. The Morgan fingerprint density at radius 2 is 2.00 bits per heavy atom. The van der Waals surface area contributed by atoms with Gasteiger partial charge < -0.3 is 21.1 Å². The van der Waals surface area contributed by atoms with Gasteiger partial charge in [-0.1, -0.05) is 0 Å². The molecule has 4 N–H and O–H groups in total. The normalized spacial score (nSPS) is 10.8. The van der Waals surface area contributed by atoms with E-state index in [1.807, 2.05) is 0 Å². The van der Waals surface area contributed by atoms with Crippen molar-refractivity contribution in [2.45, 2.75) is 13.8 Å². The zero-order valence-corrected chi connectivity index (χ0v) is 12.2. The largest absolute Gasteiger partial charge is 0.497 e. The molecule has 0 radical (unpaired) electrons. The number of methoxy groups -OCH3 is 1. The SMILES string of the molecule is CNC(=O)C(C)(C)CNC(=O)c1ccc(OC)cc1N. The van der Waals surface area contributed by atoms with Crippen LogP contribution in [-0.4, -0.2) is 32.5 Å². The smallest absolute Gasteiger partial charge is 0.253 e. The number of nitrogens with two attached hydrogens (primary N) is 1. The maximum Gasteiger partial charge on any atom is 0.253 e. The molecule has 6 nitrogen and oxygen atoms in total. The summed E-state index contributed by atoms with van der Waals surface area (Å²) in [5.74, 6) is 0.132. The predicted octanol–water partition coefficient (Wildman–Crippen LogP) is 0.779. The minimum atomic E-state index is -0.689. The van der Waals surface area contributed by atoms with Crippen LogP contribution in [0.15, 0.2) is 18.2 Å². The van der Waals surface area contributed by atoms with Gasteiger partial charge in [0.2, 0.25) is 5.91 Å². The third-order valence-electron chi connectivity index (χ3n) is 3.04. The molecule has 0 saturated heterocycles. The van der Waals surface area contributed by atoms with Gasteiger partial charge in [0.05, 0.1) is 18.1 Å². The molecule has 0 saturated carbocycles. The first-order chi connectivity index (χ1) is 9.31. The lowest BCUT2D eigenvalue weighted by Crippen LogP contribution is -2.43. The van der Waals surface area contributed by atoms with Crippen molar-refractivity contribution in [1.82, 2.24) is 10.6 Å². The number of hydrogen-bond acceptors (Lipinski definition) is 4. The van der Waals surface area contributed by atoms with Crippen LogP contribution in [0.3, 0.4) is 0 Å². The molecule has 1 aromatic rings. The lowest BCUT2D eigenvalue weighted by atomic mass is 9.92. The number of anilines is 1. The lowest BCUT2D eigenvalue weighted by molar-refractivity contribution is -0.128. The van der Waals surface area contributed by atoms with Crippen molar-refractivity contribution in [1.29, 1.82) is 0 Å². The monoisotopic (exact) mass is 279 g/mol. The van der Waals surface area contributed by atoms with Gasteiger partial charge in [-0.3, -0.25) is 9.59 Å². The second kappa shape index (κ2) is 6.27. The van der Waals surface area contributed by atoms with E-state index in [0.717, 1.165) is 0 Å². The molecule has 0 aromatic heterocycles. The van der Waals surface area contributed by atoms with Gasteiger partial charge in [-0.2, -0.15) is 0 Å². The second-order valence-electron chi connectivity index (χ2n) is 5.10. The van der Waals surface area contributed by atoms with Crippen LogP contribution >= 0.6 is 0 Å². The van der Waals surface area contributed by atoms with Gasteiger partial charge in [0.15, 0.2) is 0 Å². The van der Waals surface area contributed by atoms with Crippen molar-refractivity contribution in [3.05, 3.63) is 23.8 Å². The zero-order valence-electron chi connectivity index (χ0n) is 12.2. The third kappa shape index (κ3) is 3.63. The van der Waals surface area contributed by atoms with Gasteiger partial charge in [-0.15, -0.1) is 0 Å². The summed E-state index contributed by atoms with van der Waals surface area (Å²) in [6.45, 7) is 3.73. The van der Waals surface area contributed by atoms with Crippen molar-refractivity contribution in [2.24, 2.45) is 5.41 Å². The second-order valence-corrected chi connectivity index (χ2v) is 5.10. The number of carbonyl (C=O) groups excluding carboxylic acids is 2. The van der Waals surface area contributed by atoms with Crippen LogP contribution in [-0.2, 0) is 4.79 Å². The van der Waals surface area contributed by atoms with Gasteiger partial charge in [0, 0.05) is 25.3 Å². The molecule has 1 aromatic carbocycles. The molecule has 20 heavy (non-hydrogen) atoms. The Morgan fingerprint density at radius 3 is 2.50 bits per heavy atom. The van der Waals surface area contributed by atoms with E-state index in [2.05, 4.69) is 10.6 Å². The summed E-state index contributed by atoms with van der Waals surface area (Å²) in [6.07, 6.45) is 0. The number of amides is 2. The Bertz CT molecular complexity index is 512. The molecule has 0 bridgehead atoms. The highest BCUT2D eigenvalue weighted by Gasteiger charge is 2.27. The zero-order chi connectivity index (χ0) is 15.3. The van der Waals surface area contributed by atoms with Crippen LogP contribution in [0.2, 0.25) is 0 Å². The van der Waals surface area contributed by atoms with E-state index in [0.29, 0.717) is 17.0 Å². The fourth-order valence-electron chi connectivity index (χ4n) is 1.69. The number of nitrogen functional groups attached to an aromatic ring is 1. The van der Waals surface area contributed by atoms with E-state index in [1.54, 1.807) is 39.1 Å². The van der Waals surface area contributed by atoms with Gasteiger partial charge in [0.1, 0.15) is 5.75 Å². The van der Waals surface area contributed by atoms with Crippen LogP contribution in [0, 0.1) is 5.41 Å². The summed E-state index contributed by atoms with van der Waals surface area (Å²) in [6, 6.07) is 4.84. The topological polar surface area (TPSA) is 93.5 Å². The van der Waals surface area contributed by atoms with Gasteiger partial charge in [-0.25, -0.2) is 0 Å². The van der Waals surface area contributed by atoms with Crippen molar-refractivity contribution < 1.29 is 14.3 Å². The highest BCUT2D eigenvalue weighted by atomic mass is 16.5. The van der Waals surface area contributed by atoms with E-state index < -0.39 is 5.41 Å². The van der Waals surface area contributed by atoms with E-state index in [-0.39, 0.29) is 18.4 Å². The average molecular weight is 279 g/mol. The summed E-state index contributed by atoms with van der Waals surface area (Å²) < 4.78 is 5.03. The van der Waals surface area contributed by atoms with E-state index in [9.17, 15) is 9.59 Å². The predicted molar refractivity (Wildman–Crippen MR) is 77.6 cm³/mol. The molecule has 0 spiro atoms. The van der Waals surface area contributed by atoms with Gasteiger partial charge >= 0.3 is 0 Å². The molecule has 0 heterocycles. The molecule has 0 aliphatic carbocycles. The summed E-state index contributed by atoms with van der Waals surface area (Å²) in [4.78, 5) is 23.7. The minimum Gasteiger partial charge on any atom is -0.497 e. The van der Waals surface area contributed by atoms with Crippen molar-refractivity contribution in [3.8, 4) is 5.75 Å². The van der Waals surface area contributed by atoms with Crippen molar-refractivity contribution in [2.75, 3.05) is 26.4 Å². The van der Waals surface area contributed by atoms with E-state index >= 15 is 0 Å². The molecule has 0 atom stereocenters. The first-order valence-corrected chi connectivity index (χ1v) is 6.25. The number of hydrogen-bond donors (Lipinski definition) is 3. The molecule has 0 fully saturated rings. The first-order valence-electron chi connectivity index (χ1n) is 6.25. The standard InChI is InChI=1S/C14H21N3O3/c1-14(2,13(19)16-3)8-17-12(18)10-6-5-9(20-4)7-11(10)15/h5-7H,8,15H2,1-4H3,(H,16,19)(H,17,18). The van der Waals surface area contributed by atoms with Crippen molar-refractivity contribution in [3.63, 3.8) is 0 Å². The van der Waals surface area contributed by atoms with Crippen LogP contribution in [0.1, 0.15) is 24.2 Å². The maximum atomic E-state index is 12.1. The molecule has 0 aliphatic heterocycles. The summed E-state index contributed by atoms with van der Waals surface area (Å²) in [5.41, 5.74) is 5.81. The summed E-state index contributed by atoms with van der Waals surface area (Å²) >= 11 is 0. The quantitative estimate of drug-likeness (QED) is 0.694. The Morgan fingerprint density at radius 1 is 1.35 bits per heavy atom. The van der Waals surface area contributed by atoms with Gasteiger partial charge in [0.25, 0.3) is 5.91 Å². The Kier molecular flexibility index (Phi) is 4.96. The molecule has 1 rings (SSSR count). The summed E-state index contributed by atoms with van der Waals surface area (Å²) in [5, 5.41) is 5.28. The maximum absolute atomic E-state index is 12.1. The lowest BCUT2D eigenvalue weighted by Gasteiger charge is -2.23. The Balaban J connectivity index is 2.75. The van der Waals surface area contributed by atoms with Crippen LogP contribution in [0.25, 0.3) is 0 Å². The molecular weight excluding hydrogens is 258 g/mol. The van der Waals surface area contributed by atoms with Crippen LogP contribution in [0.4, 0.5) is 5.69 Å². The fourth-order valence-corrected chi connectivity index (χ4v) is 1.69. The Hall–Kier alpha value is -2.24. The number of carbonyl (C=O) groups is 2. The average Bonchev–Trinajstić information content (AvgIpc) is 2.43. The van der Waals surface area contributed by atoms with Crippen LogP contribution < -0.4 is 21.1 Å². The molecule has 6 heteroatoms. The number of nitrogens with one attached hydrogen (secondary N) is 2. The third-order valence-corrected chi connectivity index (χ3v) is 3.04. The van der Waals surface area contributed by atoms with Crippen LogP contribution in [0.5, 0.6) is 5.75 Å². The number of benzene rings is 1. The number of ether oxygens (including phenoxy) is 1. The van der Waals surface area contributed by atoms with E-state index in [4.69, 9.17) is 10.5 Å². The van der Waals surface area contributed by atoms with Gasteiger partial charge in [-0.05, 0) is 26.0 Å². The summed E-state index contributed by atoms with van der Waals surface area (Å²) in [7, 11) is 3.09. The molecule has 110 valence electrons. The molecule has 0 unspecified atom stereocenters.